The predicted molar refractivity (Wildman–Crippen MR) is 141 cm³/mol. The molecule has 174 valence electrons. The molecule has 1 aliphatic rings. The lowest BCUT2D eigenvalue weighted by molar-refractivity contribution is 0.373. The molecule has 0 spiro atoms. The average Bonchev–Trinajstić information content (AvgIpc) is 2.83. The summed E-state index contributed by atoms with van der Waals surface area (Å²) in [6, 6.07) is 15.5. The summed E-state index contributed by atoms with van der Waals surface area (Å²) in [7, 11) is 0. The van der Waals surface area contributed by atoms with Crippen LogP contribution in [0.1, 0.15) is 37.9 Å². The van der Waals surface area contributed by atoms with Crippen molar-refractivity contribution >= 4 is 23.5 Å². The summed E-state index contributed by atoms with van der Waals surface area (Å²) >= 11 is 0.222. The van der Waals surface area contributed by atoms with Gasteiger partial charge in [-0.2, -0.15) is 9.15 Å². The first-order chi connectivity index (χ1) is 16.3. The van der Waals surface area contributed by atoms with E-state index in [0.717, 1.165) is 33.9 Å². The Bertz CT molecular complexity index is 1210. The minimum absolute atomic E-state index is 0.0886. The van der Waals surface area contributed by atoms with Gasteiger partial charge in [0.25, 0.3) is 0 Å². The molecule has 3 rings (SSSR count). The maximum atomic E-state index is 12.8. The van der Waals surface area contributed by atoms with Gasteiger partial charge >= 0.3 is 0 Å². The highest BCUT2D eigenvalue weighted by Gasteiger charge is 2.23. The summed E-state index contributed by atoms with van der Waals surface area (Å²) < 4.78 is 12.8. The molecule has 1 heterocycles. The Hall–Kier alpha value is -3.69. The van der Waals surface area contributed by atoms with Gasteiger partial charge in [0.05, 0.1) is 35.2 Å². The molecule has 1 aliphatic heterocycles. The third-order valence-corrected chi connectivity index (χ3v) is 6.00. The maximum Gasteiger partial charge on any atom is 0.101 e. The van der Waals surface area contributed by atoms with Gasteiger partial charge in [-0.15, -0.1) is 0 Å². The molecule has 0 radical (unpaired) electrons. The monoisotopic (exact) mass is 472 g/mol. The van der Waals surface area contributed by atoms with Crippen molar-refractivity contribution in [3.05, 3.63) is 114 Å². The number of allylic oxidation sites excluding steroid dienone is 3. The van der Waals surface area contributed by atoms with E-state index in [9.17, 15) is 9.15 Å². The molecule has 4 nitrogen and oxygen atoms in total. The largest absolute Gasteiger partial charge is 0.354 e. The van der Waals surface area contributed by atoms with Crippen LogP contribution in [0.2, 0.25) is 0 Å². The Kier molecular flexibility index (Phi) is 8.04. The van der Waals surface area contributed by atoms with Crippen LogP contribution in [0.15, 0.2) is 108 Å². The van der Waals surface area contributed by atoms with Gasteiger partial charge in [0, 0.05) is 34.9 Å². The lowest BCUT2D eigenvalue weighted by Gasteiger charge is -2.34. The SMILES string of the molecule is C=CN(C=C(C)C)c1ccc(NC2=CC(C#N)=CN(C(C)c3ccc(SF)cc3)C2=C)cc1C. The average molecular weight is 473 g/mol. The molecule has 0 bridgehead atoms. The molecule has 0 amide bonds. The topological polar surface area (TPSA) is 42.3 Å². The number of aryl methyl sites for hydroxylation is 1. The van der Waals surface area contributed by atoms with Crippen LogP contribution in [0.5, 0.6) is 0 Å². The van der Waals surface area contributed by atoms with Crippen LogP contribution in [0.4, 0.5) is 15.3 Å². The van der Waals surface area contributed by atoms with E-state index in [0.29, 0.717) is 10.5 Å². The number of hydrogen-bond acceptors (Lipinski definition) is 5. The number of halogens is 1. The number of nitrogens with zero attached hydrogens (tertiary/aromatic N) is 3. The highest BCUT2D eigenvalue weighted by Crippen LogP contribution is 2.34. The Morgan fingerprint density at radius 2 is 1.94 bits per heavy atom. The summed E-state index contributed by atoms with van der Waals surface area (Å²) in [5.74, 6) is 0. The molecule has 1 unspecified atom stereocenters. The van der Waals surface area contributed by atoms with E-state index in [1.807, 2.05) is 68.0 Å². The number of nitrogens with one attached hydrogen (secondary N) is 1. The van der Waals surface area contributed by atoms with Gasteiger partial charge in [-0.3, -0.25) is 0 Å². The van der Waals surface area contributed by atoms with Crippen LogP contribution in [0, 0.1) is 18.3 Å². The molecule has 6 heteroatoms. The van der Waals surface area contributed by atoms with E-state index < -0.39 is 0 Å². The highest BCUT2D eigenvalue weighted by atomic mass is 32.2. The van der Waals surface area contributed by atoms with Crippen LogP contribution in [0.25, 0.3) is 0 Å². The Morgan fingerprint density at radius 3 is 2.50 bits per heavy atom. The zero-order valence-corrected chi connectivity index (χ0v) is 20.8. The van der Waals surface area contributed by atoms with Crippen molar-refractivity contribution in [2.45, 2.75) is 38.6 Å². The molecule has 0 saturated carbocycles. The van der Waals surface area contributed by atoms with Gasteiger partial charge in [-0.25, -0.2) is 0 Å². The molecule has 2 aromatic carbocycles. The van der Waals surface area contributed by atoms with E-state index >= 15 is 0 Å². The fourth-order valence-corrected chi connectivity index (χ4v) is 4.03. The van der Waals surface area contributed by atoms with Crippen LogP contribution in [-0.2, 0) is 0 Å². The first-order valence-electron chi connectivity index (χ1n) is 10.9. The van der Waals surface area contributed by atoms with Crippen LogP contribution < -0.4 is 10.2 Å². The minimum atomic E-state index is -0.0886. The predicted octanol–water partition coefficient (Wildman–Crippen LogP) is 8.14. The number of benzene rings is 2. The zero-order chi connectivity index (χ0) is 24.8. The smallest absolute Gasteiger partial charge is 0.101 e. The first-order valence-corrected chi connectivity index (χ1v) is 11.6. The number of nitriles is 1. The van der Waals surface area contributed by atoms with Crippen LogP contribution >= 0.6 is 12.1 Å². The van der Waals surface area contributed by atoms with Crippen molar-refractivity contribution in [3.63, 3.8) is 0 Å². The Morgan fingerprint density at radius 1 is 1.24 bits per heavy atom. The molecule has 1 atom stereocenters. The van der Waals surface area contributed by atoms with Gasteiger partial charge in [0.15, 0.2) is 0 Å². The third kappa shape index (κ3) is 5.62. The summed E-state index contributed by atoms with van der Waals surface area (Å²) in [5, 5.41) is 13.1. The molecular formula is C28H29FN4S. The normalized spacial score (nSPS) is 13.9. The third-order valence-electron chi connectivity index (χ3n) is 5.55. The van der Waals surface area contributed by atoms with Crippen molar-refractivity contribution < 1.29 is 3.89 Å². The van der Waals surface area contributed by atoms with Crippen molar-refractivity contribution in [2.75, 3.05) is 10.2 Å². The van der Waals surface area contributed by atoms with Gasteiger partial charge in [0.2, 0.25) is 0 Å². The van der Waals surface area contributed by atoms with Crippen molar-refractivity contribution in [2.24, 2.45) is 0 Å². The molecular weight excluding hydrogens is 443 g/mol. The van der Waals surface area contributed by atoms with E-state index in [1.165, 1.54) is 5.57 Å². The molecule has 34 heavy (non-hydrogen) atoms. The lowest BCUT2D eigenvalue weighted by atomic mass is 10.0. The van der Waals surface area contributed by atoms with Gasteiger partial charge in [0.1, 0.15) is 6.07 Å². The second-order valence-electron chi connectivity index (χ2n) is 8.35. The molecule has 1 N–H and O–H groups in total. The first kappa shape index (κ1) is 24.9. The van der Waals surface area contributed by atoms with E-state index in [2.05, 4.69) is 30.6 Å². The number of anilines is 2. The minimum Gasteiger partial charge on any atom is -0.354 e. The fraction of sp³-hybridized carbons (Fsp3) is 0.179. The lowest BCUT2D eigenvalue weighted by Crippen LogP contribution is -2.26. The molecule has 0 fully saturated rings. The van der Waals surface area contributed by atoms with Crippen LogP contribution in [-0.4, -0.2) is 4.90 Å². The number of hydrogen-bond donors (Lipinski definition) is 1. The van der Waals surface area contributed by atoms with E-state index in [4.69, 9.17) is 0 Å². The standard InChI is InChI=1S/C28H29FN4S/c1-7-32(17-19(2)3)28-13-10-25(14-20(28)4)31-27-15-23(16-30)18-33(22(27)6)21(5)24-8-11-26(34-29)12-9-24/h7-15,17-18,21,31H,1,6H2,2-5H3. The summed E-state index contributed by atoms with van der Waals surface area (Å²) in [5.41, 5.74) is 7.20. The van der Waals surface area contributed by atoms with E-state index in [-0.39, 0.29) is 18.2 Å². The van der Waals surface area contributed by atoms with Crippen molar-refractivity contribution in [3.8, 4) is 6.07 Å². The van der Waals surface area contributed by atoms with Gasteiger partial charge in [-0.05, 0) is 75.2 Å². The van der Waals surface area contributed by atoms with E-state index in [1.54, 1.807) is 30.6 Å². The molecule has 2 aromatic rings. The Balaban J connectivity index is 1.86. The summed E-state index contributed by atoms with van der Waals surface area (Å²) in [6.07, 6.45) is 7.43. The fourth-order valence-electron chi connectivity index (χ4n) is 3.79. The zero-order valence-electron chi connectivity index (χ0n) is 20.0. The van der Waals surface area contributed by atoms with Crippen molar-refractivity contribution in [1.29, 1.82) is 5.26 Å². The highest BCUT2D eigenvalue weighted by molar-refractivity contribution is 7.94. The number of rotatable bonds is 8. The quantitative estimate of drug-likeness (QED) is 0.420. The summed E-state index contributed by atoms with van der Waals surface area (Å²) in [6.45, 7) is 16.4. The summed E-state index contributed by atoms with van der Waals surface area (Å²) in [4.78, 5) is 4.52. The van der Waals surface area contributed by atoms with Gasteiger partial charge < -0.3 is 15.1 Å². The molecule has 0 aliphatic carbocycles. The van der Waals surface area contributed by atoms with Crippen molar-refractivity contribution in [1.82, 2.24) is 4.90 Å². The molecule has 0 aromatic heterocycles. The second-order valence-corrected chi connectivity index (χ2v) is 8.98. The molecule has 0 saturated heterocycles. The second kappa shape index (κ2) is 11.0. The Labute approximate surface area is 206 Å². The van der Waals surface area contributed by atoms with Crippen LogP contribution in [0.3, 0.4) is 0 Å². The maximum absolute atomic E-state index is 12.8. The van der Waals surface area contributed by atoms with Gasteiger partial charge in [-0.1, -0.05) is 30.9 Å².